The molecule has 0 fully saturated rings. The van der Waals surface area contributed by atoms with Gasteiger partial charge in [0.05, 0.1) is 46.0 Å². The van der Waals surface area contributed by atoms with Crippen LogP contribution in [-0.2, 0) is 0 Å². The fraction of sp³-hybridized carbons (Fsp3) is 0.160. The summed E-state index contributed by atoms with van der Waals surface area (Å²) in [5.41, 5.74) is 3.37. The van der Waals surface area contributed by atoms with Gasteiger partial charge in [0, 0.05) is 15.6 Å². The molecule has 0 atom stereocenters. The van der Waals surface area contributed by atoms with E-state index < -0.39 is 0 Å². The fourth-order valence-corrected chi connectivity index (χ4v) is 4.25. The van der Waals surface area contributed by atoms with Gasteiger partial charge in [-0.2, -0.15) is 5.10 Å². The number of halogens is 1. The van der Waals surface area contributed by atoms with Gasteiger partial charge in [-0.15, -0.1) is 0 Å². The average Bonchev–Trinajstić information content (AvgIpc) is 3.28. The first-order valence-corrected chi connectivity index (χ1v) is 10.8. The van der Waals surface area contributed by atoms with Gasteiger partial charge >= 0.3 is 29.6 Å². The second-order valence-corrected chi connectivity index (χ2v) is 7.87. The molecule has 0 unspecified atom stereocenters. The van der Waals surface area contributed by atoms with Gasteiger partial charge in [0.1, 0.15) is 0 Å². The third-order valence-corrected chi connectivity index (χ3v) is 5.94. The topological polar surface area (TPSA) is 77.8 Å². The maximum absolute atomic E-state index is 13.5. The minimum atomic E-state index is -0.299. The maximum atomic E-state index is 13.5. The molecule has 4 aromatic rings. The molecule has 170 valence electrons. The van der Waals surface area contributed by atoms with E-state index in [1.807, 2.05) is 42.5 Å². The van der Waals surface area contributed by atoms with E-state index in [0.717, 1.165) is 21.3 Å². The van der Waals surface area contributed by atoms with E-state index in [2.05, 4.69) is 21.0 Å². The minimum absolute atomic E-state index is 0. The first-order valence-electron chi connectivity index (χ1n) is 10.0. The van der Waals surface area contributed by atoms with Crippen LogP contribution >= 0.6 is 15.9 Å². The molecule has 1 aromatic heterocycles. The summed E-state index contributed by atoms with van der Waals surface area (Å²) in [4.78, 5) is 0. The Morgan fingerprint density at radius 2 is 1.41 bits per heavy atom. The van der Waals surface area contributed by atoms with Crippen molar-refractivity contribution >= 4 is 15.9 Å². The Morgan fingerprint density at radius 1 is 0.765 bits per heavy atom. The predicted molar refractivity (Wildman–Crippen MR) is 128 cm³/mol. The Morgan fingerprint density at radius 3 is 2.03 bits per heavy atom. The zero-order chi connectivity index (χ0) is 23.5. The number of benzene rings is 3. The molecule has 0 saturated carbocycles. The molecule has 0 bridgehead atoms. The standard InChI is InChI=1S/C25H23BrN2O5.Na/c1-30-20-11-10-16(24(29)25(20)33-4)23-18(14-27-28(23)15-8-6-5-7-9-15)17-12-21(31-2)22(32-3)13-19(17)26;/h5-14,29H,1-4H3;/q;+1/p-1. The molecule has 0 spiro atoms. The van der Waals surface area contributed by atoms with Gasteiger partial charge in [0.2, 0.25) is 0 Å². The van der Waals surface area contributed by atoms with Crippen LogP contribution in [0.15, 0.2) is 65.3 Å². The van der Waals surface area contributed by atoms with E-state index in [4.69, 9.17) is 18.9 Å². The van der Waals surface area contributed by atoms with Crippen molar-refractivity contribution in [3.05, 3.63) is 65.3 Å². The molecule has 0 N–H and O–H groups in total. The number of nitrogens with zero attached hydrogens (tertiary/aromatic N) is 2. The molecule has 3 aromatic carbocycles. The van der Waals surface area contributed by atoms with Gasteiger partial charge in [-0.05, 0) is 42.0 Å². The molecule has 4 rings (SSSR count). The normalized spacial score (nSPS) is 10.4. The van der Waals surface area contributed by atoms with Crippen molar-refractivity contribution in [2.24, 2.45) is 0 Å². The van der Waals surface area contributed by atoms with E-state index >= 15 is 0 Å². The first-order chi connectivity index (χ1) is 16.0. The van der Waals surface area contributed by atoms with Gasteiger partial charge in [-0.3, -0.25) is 0 Å². The number of methoxy groups -OCH3 is 4. The molecule has 7 nitrogen and oxygen atoms in total. The molecule has 9 heteroatoms. The summed E-state index contributed by atoms with van der Waals surface area (Å²) in [6.07, 6.45) is 1.73. The van der Waals surface area contributed by atoms with Crippen LogP contribution in [0.3, 0.4) is 0 Å². The molecule has 0 aliphatic heterocycles. The van der Waals surface area contributed by atoms with Crippen LogP contribution in [0.4, 0.5) is 0 Å². The van der Waals surface area contributed by atoms with Gasteiger partial charge < -0.3 is 24.1 Å². The summed E-state index contributed by atoms with van der Waals surface area (Å²) in [6.45, 7) is 0. The quantitative estimate of drug-likeness (QED) is 0.339. The number of aromatic nitrogens is 2. The Hall–Kier alpha value is -2.65. The van der Waals surface area contributed by atoms with Crippen molar-refractivity contribution < 1.29 is 53.6 Å². The largest absolute Gasteiger partial charge is 1.00 e. The number of para-hydroxylation sites is 1. The number of hydrogen-bond donors (Lipinski definition) is 0. The Kier molecular flexibility index (Phi) is 8.54. The number of ether oxygens (including phenoxy) is 4. The van der Waals surface area contributed by atoms with Crippen LogP contribution in [-0.4, -0.2) is 38.2 Å². The molecule has 0 aliphatic rings. The third-order valence-electron chi connectivity index (χ3n) is 5.29. The van der Waals surface area contributed by atoms with E-state index in [1.165, 1.54) is 14.2 Å². The van der Waals surface area contributed by atoms with Gasteiger partial charge in [0.25, 0.3) is 0 Å². The first kappa shape index (κ1) is 26.0. The molecule has 0 amide bonds. The molecule has 0 radical (unpaired) electrons. The van der Waals surface area contributed by atoms with E-state index in [9.17, 15) is 5.11 Å². The zero-order valence-corrected chi connectivity index (χ0v) is 23.2. The average molecular weight is 533 g/mol. The van der Waals surface area contributed by atoms with Crippen LogP contribution in [0.1, 0.15) is 0 Å². The molecular weight excluding hydrogens is 511 g/mol. The molecule has 0 saturated heterocycles. The molecule has 34 heavy (non-hydrogen) atoms. The summed E-state index contributed by atoms with van der Waals surface area (Å²) >= 11 is 3.63. The third kappa shape index (κ3) is 4.63. The summed E-state index contributed by atoms with van der Waals surface area (Å²) in [7, 11) is 6.10. The number of rotatable bonds is 7. The fourth-order valence-electron chi connectivity index (χ4n) is 3.72. The van der Waals surface area contributed by atoms with Gasteiger partial charge in [-0.25, -0.2) is 4.68 Å². The Labute approximate surface area is 228 Å². The second kappa shape index (κ2) is 11.2. The van der Waals surface area contributed by atoms with E-state index in [-0.39, 0.29) is 41.1 Å². The SMILES string of the molecule is COc1cc(Br)c(-c2cnn(-c3ccccc3)c2-c2ccc(OC)c(OC)c2[O-])cc1OC.[Na+]. The van der Waals surface area contributed by atoms with E-state index in [0.29, 0.717) is 28.5 Å². The Balaban J connectivity index is 0.00000324. The number of hydrogen-bond acceptors (Lipinski definition) is 6. The molecule has 1 heterocycles. The van der Waals surface area contributed by atoms with Crippen LogP contribution in [0.2, 0.25) is 0 Å². The predicted octanol–water partition coefficient (Wildman–Crippen LogP) is 2.08. The smallest absolute Gasteiger partial charge is 0.869 e. The van der Waals surface area contributed by atoms with Crippen LogP contribution in [0.5, 0.6) is 28.7 Å². The summed E-state index contributed by atoms with van der Waals surface area (Å²) in [5, 5.41) is 18.1. The van der Waals surface area contributed by atoms with Gasteiger partial charge in [-0.1, -0.05) is 39.9 Å². The van der Waals surface area contributed by atoms with Crippen molar-refractivity contribution in [1.29, 1.82) is 0 Å². The molecule has 0 aliphatic carbocycles. The summed E-state index contributed by atoms with van der Waals surface area (Å²) in [5.74, 6) is 1.34. The second-order valence-electron chi connectivity index (χ2n) is 7.02. The Bertz CT molecular complexity index is 1290. The molecular formula is C25H22BrN2NaO5. The van der Waals surface area contributed by atoms with Crippen LogP contribution in [0.25, 0.3) is 28.1 Å². The van der Waals surface area contributed by atoms with Crippen molar-refractivity contribution in [2.75, 3.05) is 28.4 Å². The van der Waals surface area contributed by atoms with Crippen molar-refractivity contribution in [3.63, 3.8) is 0 Å². The minimum Gasteiger partial charge on any atom is -0.869 e. The zero-order valence-electron chi connectivity index (χ0n) is 19.6. The van der Waals surface area contributed by atoms with Crippen molar-refractivity contribution in [1.82, 2.24) is 9.78 Å². The maximum Gasteiger partial charge on any atom is 1.00 e. The monoisotopic (exact) mass is 532 g/mol. The van der Waals surface area contributed by atoms with Crippen LogP contribution < -0.4 is 53.6 Å². The van der Waals surface area contributed by atoms with Gasteiger partial charge in [0.15, 0.2) is 23.0 Å². The summed E-state index contributed by atoms with van der Waals surface area (Å²) < 4.78 is 24.1. The van der Waals surface area contributed by atoms with E-state index in [1.54, 1.807) is 37.2 Å². The van der Waals surface area contributed by atoms with Crippen molar-refractivity contribution in [2.45, 2.75) is 0 Å². The van der Waals surface area contributed by atoms with Crippen molar-refractivity contribution in [3.8, 4) is 56.8 Å². The van der Waals surface area contributed by atoms with Crippen LogP contribution in [0, 0.1) is 0 Å². The summed E-state index contributed by atoms with van der Waals surface area (Å²) in [6, 6.07) is 16.7.